The summed E-state index contributed by atoms with van der Waals surface area (Å²) >= 11 is 8.92. The van der Waals surface area contributed by atoms with Crippen LogP contribution < -0.4 is 5.32 Å². The van der Waals surface area contributed by atoms with Crippen LogP contribution in [0.25, 0.3) is 22.5 Å². The van der Waals surface area contributed by atoms with E-state index in [2.05, 4.69) is 20.5 Å². The lowest BCUT2D eigenvalue weighted by atomic mass is 10.0. The maximum absolute atomic E-state index is 12.6. The quantitative estimate of drug-likeness (QED) is 0.227. The summed E-state index contributed by atoms with van der Waals surface area (Å²) in [6, 6.07) is 27.4. The van der Waals surface area contributed by atoms with Crippen molar-refractivity contribution in [3.05, 3.63) is 107 Å². The summed E-state index contributed by atoms with van der Waals surface area (Å²) in [5, 5.41) is 13.3. The second-order valence-electron chi connectivity index (χ2n) is 7.76. The molecule has 36 heavy (non-hydrogen) atoms. The maximum Gasteiger partial charge on any atom is 0.236 e. The summed E-state index contributed by atoms with van der Waals surface area (Å²) in [7, 11) is 0. The van der Waals surface area contributed by atoms with Gasteiger partial charge in [-0.15, -0.1) is 21.5 Å². The van der Waals surface area contributed by atoms with Gasteiger partial charge >= 0.3 is 0 Å². The molecule has 178 valence electrons. The highest BCUT2D eigenvalue weighted by atomic mass is 35.5. The van der Waals surface area contributed by atoms with E-state index in [9.17, 15) is 4.79 Å². The van der Waals surface area contributed by atoms with E-state index >= 15 is 0 Å². The fourth-order valence-electron chi connectivity index (χ4n) is 3.52. The van der Waals surface area contributed by atoms with Crippen molar-refractivity contribution in [2.45, 2.75) is 11.6 Å². The largest absolute Gasteiger partial charge is 0.301 e. The Morgan fingerprint density at radius 2 is 1.53 bits per heavy atom. The lowest BCUT2D eigenvalue weighted by Crippen LogP contribution is -2.14. The van der Waals surface area contributed by atoms with Crippen molar-refractivity contribution in [3.63, 3.8) is 0 Å². The number of halogens is 1. The number of anilines is 1. The van der Waals surface area contributed by atoms with Gasteiger partial charge in [0.25, 0.3) is 0 Å². The molecule has 2 heterocycles. The van der Waals surface area contributed by atoms with E-state index in [0.717, 1.165) is 32.3 Å². The van der Waals surface area contributed by atoms with Gasteiger partial charge in [-0.1, -0.05) is 102 Å². The molecule has 0 fully saturated rings. The van der Waals surface area contributed by atoms with Crippen LogP contribution in [0.5, 0.6) is 0 Å². The molecule has 0 aliphatic rings. The summed E-state index contributed by atoms with van der Waals surface area (Å²) < 4.78 is 0. The summed E-state index contributed by atoms with van der Waals surface area (Å²) in [6.07, 6.45) is 2.43. The van der Waals surface area contributed by atoms with E-state index in [-0.39, 0.29) is 11.7 Å². The number of benzene rings is 3. The third-order valence-electron chi connectivity index (χ3n) is 5.22. The number of carbonyl (C=O) groups is 1. The number of amides is 1. The minimum absolute atomic E-state index is 0.139. The Balaban J connectivity index is 1.26. The molecule has 6 nitrogen and oxygen atoms in total. The molecule has 0 spiro atoms. The van der Waals surface area contributed by atoms with Crippen molar-refractivity contribution in [2.75, 3.05) is 11.1 Å². The number of hydrogen-bond acceptors (Lipinski definition) is 7. The second kappa shape index (κ2) is 11.4. The third kappa shape index (κ3) is 5.96. The molecule has 0 saturated carbocycles. The van der Waals surface area contributed by atoms with Gasteiger partial charge < -0.3 is 5.32 Å². The average Bonchev–Trinajstić information content (AvgIpc) is 3.36. The van der Waals surface area contributed by atoms with E-state index in [1.165, 1.54) is 23.1 Å². The van der Waals surface area contributed by atoms with Crippen LogP contribution in [0.3, 0.4) is 0 Å². The second-order valence-corrected chi connectivity index (χ2v) is 10.2. The van der Waals surface area contributed by atoms with E-state index in [1.54, 1.807) is 6.20 Å². The molecule has 0 radical (unpaired) electrons. The Morgan fingerprint density at radius 3 is 2.25 bits per heavy atom. The average molecular weight is 530 g/mol. The summed E-state index contributed by atoms with van der Waals surface area (Å²) in [5.74, 6) is -0.0457. The first-order valence-corrected chi connectivity index (χ1v) is 13.3. The molecule has 0 unspecified atom stereocenters. The summed E-state index contributed by atoms with van der Waals surface area (Å²) in [5.41, 5.74) is 4.32. The number of nitrogens with one attached hydrogen (secondary N) is 1. The Hall–Kier alpha value is -3.59. The van der Waals surface area contributed by atoms with Crippen molar-refractivity contribution >= 4 is 45.7 Å². The van der Waals surface area contributed by atoms with Gasteiger partial charge in [0, 0.05) is 33.6 Å². The molecule has 1 N–H and O–H groups in total. The van der Waals surface area contributed by atoms with E-state index in [4.69, 9.17) is 16.6 Å². The molecule has 0 aliphatic heterocycles. The van der Waals surface area contributed by atoms with Gasteiger partial charge in [0.2, 0.25) is 11.1 Å². The van der Waals surface area contributed by atoms with Crippen molar-refractivity contribution in [1.82, 2.24) is 20.2 Å². The first kappa shape index (κ1) is 24.1. The minimum atomic E-state index is -0.185. The van der Waals surface area contributed by atoms with Crippen molar-refractivity contribution < 1.29 is 4.79 Å². The van der Waals surface area contributed by atoms with Crippen molar-refractivity contribution in [2.24, 2.45) is 0 Å². The number of nitrogens with zero attached hydrogens (tertiary/aromatic N) is 4. The molecule has 5 aromatic rings. The molecule has 5 rings (SSSR count). The Labute approximate surface area is 221 Å². The summed E-state index contributed by atoms with van der Waals surface area (Å²) in [4.78, 5) is 22.7. The maximum atomic E-state index is 12.6. The van der Waals surface area contributed by atoms with Gasteiger partial charge in [-0.3, -0.25) is 4.79 Å². The normalized spacial score (nSPS) is 10.8. The Morgan fingerprint density at radius 1 is 0.861 bits per heavy atom. The zero-order valence-corrected chi connectivity index (χ0v) is 21.4. The van der Waals surface area contributed by atoms with E-state index in [0.29, 0.717) is 22.4 Å². The van der Waals surface area contributed by atoms with Gasteiger partial charge in [0.15, 0.2) is 5.13 Å². The molecule has 0 aliphatic carbocycles. The number of hydrogen-bond donors (Lipinski definition) is 1. The molecule has 0 saturated heterocycles. The third-order valence-corrected chi connectivity index (χ3v) is 7.34. The van der Waals surface area contributed by atoms with E-state index in [1.807, 2.05) is 84.9 Å². The van der Waals surface area contributed by atoms with Crippen LogP contribution in [0.2, 0.25) is 5.02 Å². The number of thioether (sulfide) groups is 1. The highest BCUT2D eigenvalue weighted by Gasteiger charge is 2.15. The fraction of sp³-hybridized carbons (Fsp3) is 0.0741. The van der Waals surface area contributed by atoms with Gasteiger partial charge in [-0.2, -0.15) is 0 Å². The predicted molar refractivity (Wildman–Crippen MR) is 146 cm³/mol. The van der Waals surface area contributed by atoms with Crippen LogP contribution in [0.4, 0.5) is 5.13 Å². The van der Waals surface area contributed by atoms with Crippen LogP contribution >= 0.6 is 34.7 Å². The topological polar surface area (TPSA) is 80.7 Å². The highest BCUT2D eigenvalue weighted by molar-refractivity contribution is 7.99. The van der Waals surface area contributed by atoms with Crippen LogP contribution in [0.15, 0.2) is 96.3 Å². The predicted octanol–water partition coefficient (Wildman–Crippen LogP) is 6.64. The minimum Gasteiger partial charge on any atom is -0.301 e. The molecule has 3 aromatic carbocycles. The Kier molecular flexibility index (Phi) is 7.66. The smallest absolute Gasteiger partial charge is 0.236 e. The first-order valence-electron chi connectivity index (χ1n) is 11.1. The van der Waals surface area contributed by atoms with Gasteiger partial charge in [0.05, 0.1) is 5.75 Å². The van der Waals surface area contributed by atoms with Crippen LogP contribution in [0, 0.1) is 0 Å². The van der Waals surface area contributed by atoms with Crippen LogP contribution in [0.1, 0.15) is 10.4 Å². The van der Waals surface area contributed by atoms with Crippen molar-refractivity contribution in [1.29, 1.82) is 0 Å². The highest BCUT2D eigenvalue weighted by Crippen LogP contribution is 2.30. The van der Waals surface area contributed by atoms with Crippen LogP contribution in [-0.2, 0) is 11.2 Å². The molecule has 2 aromatic heterocycles. The number of rotatable bonds is 8. The zero-order valence-electron chi connectivity index (χ0n) is 19.0. The lowest BCUT2D eigenvalue weighted by molar-refractivity contribution is -0.113. The van der Waals surface area contributed by atoms with E-state index < -0.39 is 0 Å². The monoisotopic (exact) mass is 529 g/mol. The number of thiazole rings is 1. The summed E-state index contributed by atoms with van der Waals surface area (Å²) in [6.45, 7) is 0. The van der Waals surface area contributed by atoms with Gasteiger partial charge in [-0.05, 0) is 11.6 Å². The molecule has 1 amide bonds. The molecular formula is C27H20ClN5OS2. The SMILES string of the molecule is O=C(CSc1nnc(-c2ccccc2)c(-c2ccccc2)n1)Nc1ncc(Cc2ccccc2Cl)s1. The van der Waals surface area contributed by atoms with Gasteiger partial charge in [0.1, 0.15) is 11.4 Å². The van der Waals surface area contributed by atoms with Crippen LogP contribution in [-0.4, -0.2) is 31.8 Å². The van der Waals surface area contributed by atoms with Gasteiger partial charge in [-0.25, -0.2) is 9.97 Å². The molecule has 0 bridgehead atoms. The zero-order chi connectivity index (χ0) is 24.7. The standard InChI is InChI=1S/C27H20ClN5OS2/c28-22-14-8-7-13-20(22)15-21-16-29-26(36-21)30-23(34)17-35-27-31-24(18-9-3-1-4-10-18)25(32-33-27)19-11-5-2-6-12-19/h1-14,16H,15,17H2,(H,29,30,34). The number of carbonyl (C=O) groups excluding carboxylic acids is 1. The Bertz CT molecular complexity index is 1480. The first-order chi connectivity index (χ1) is 17.7. The fourth-order valence-corrected chi connectivity index (χ4v) is 5.16. The lowest BCUT2D eigenvalue weighted by Gasteiger charge is -2.09. The number of aromatic nitrogens is 4. The van der Waals surface area contributed by atoms with Crippen molar-refractivity contribution in [3.8, 4) is 22.5 Å². The molecular weight excluding hydrogens is 510 g/mol. The molecule has 0 atom stereocenters. The molecule has 9 heteroatoms.